The zero-order chi connectivity index (χ0) is 14.5. The number of rotatable bonds is 5. The first kappa shape index (κ1) is 14.9. The van der Waals surface area contributed by atoms with Crippen LogP contribution in [0.5, 0.6) is 11.5 Å². The van der Waals surface area contributed by atoms with Gasteiger partial charge in [-0.1, -0.05) is 42.8 Å². The van der Waals surface area contributed by atoms with Gasteiger partial charge < -0.3 is 10.5 Å². The largest absolute Gasteiger partial charge is 0.456 e. The maximum Gasteiger partial charge on any atom is 0.149 e. The molecule has 0 saturated carbocycles. The van der Waals surface area contributed by atoms with Crippen LogP contribution in [0.2, 0.25) is 5.02 Å². The Kier molecular flexibility index (Phi) is 5.05. The summed E-state index contributed by atoms with van der Waals surface area (Å²) in [5.41, 5.74) is 8.25. The van der Waals surface area contributed by atoms with Crippen molar-refractivity contribution in [2.45, 2.75) is 32.7 Å². The van der Waals surface area contributed by atoms with Crippen molar-refractivity contribution in [1.29, 1.82) is 0 Å². The lowest BCUT2D eigenvalue weighted by molar-refractivity contribution is 0.472. The monoisotopic (exact) mass is 289 g/mol. The summed E-state index contributed by atoms with van der Waals surface area (Å²) in [5, 5.41) is 0.618. The topological polar surface area (TPSA) is 35.2 Å². The molecule has 20 heavy (non-hydrogen) atoms. The molecule has 0 radical (unpaired) electrons. The summed E-state index contributed by atoms with van der Waals surface area (Å²) in [7, 11) is 0. The molecule has 0 aliphatic rings. The first-order chi connectivity index (χ1) is 9.60. The van der Waals surface area contributed by atoms with Gasteiger partial charge in [0, 0.05) is 6.04 Å². The lowest BCUT2D eigenvalue weighted by atomic mass is 10.0. The van der Waals surface area contributed by atoms with Gasteiger partial charge in [-0.2, -0.15) is 0 Å². The third-order valence-electron chi connectivity index (χ3n) is 3.26. The van der Waals surface area contributed by atoms with E-state index in [0.29, 0.717) is 10.8 Å². The average Bonchev–Trinajstić information content (AvgIpc) is 2.42. The van der Waals surface area contributed by atoms with Crippen molar-refractivity contribution in [3.05, 3.63) is 58.6 Å². The van der Waals surface area contributed by atoms with Crippen molar-refractivity contribution < 1.29 is 4.74 Å². The summed E-state index contributed by atoms with van der Waals surface area (Å²) in [6.45, 7) is 4.11. The zero-order valence-corrected chi connectivity index (χ0v) is 12.7. The Morgan fingerprint density at radius 2 is 1.95 bits per heavy atom. The molecule has 0 amide bonds. The Morgan fingerprint density at radius 3 is 2.65 bits per heavy atom. The molecule has 1 unspecified atom stereocenters. The van der Waals surface area contributed by atoms with Crippen LogP contribution in [0, 0.1) is 6.92 Å². The number of nitrogens with two attached hydrogens (primary N) is 1. The number of benzene rings is 2. The molecule has 0 fully saturated rings. The number of para-hydroxylation sites is 1. The molecular formula is C17H20ClNO. The quantitative estimate of drug-likeness (QED) is 0.864. The van der Waals surface area contributed by atoms with Gasteiger partial charge in [0.05, 0.1) is 5.02 Å². The Morgan fingerprint density at radius 1 is 1.20 bits per heavy atom. The van der Waals surface area contributed by atoms with Gasteiger partial charge in [0.25, 0.3) is 0 Å². The molecule has 0 saturated heterocycles. The molecule has 0 aliphatic carbocycles. The molecule has 2 nitrogen and oxygen atoms in total. The average molecular weight is 290 g/mol. The third kappa shape index (κ3) is 3.75. The SMILES string of the molecule is CCC(N)Cc1cccc(Cl)c1Oc1cccc(C)c1. The van der Waals surface area contributed by atoms with Crippen molar-refractivity contribution in [1.82, 2.24) is 0 Å². The molecule has 3 heteroatoms. The summed E-state index contributed by atoms with van der Waals surface area (Å²) in [6.07, 6.45) is 1.69. The Labute approximate surface area is 125 Å². The first-order valence-electron chi connectivity index (χ1n) is 6.87. The molecule has 1 atom stereocenters. The molecule has 0 aromatic heterocycles. The highest BCUT2D eigenvalue weighted by atomic mass is 35.5. The number of hydrogen-bond donors (Lipinski definition) is 1. The minimum absolute atomic E-state index is 0.119. The number of aryl methyl sites for hydroxylation is 1. The van der Waals surface area contributed by atoms with E-state index in [1.165, 1.54) is 0 Å². The summed E-state index contributed by atoms with van der Waals surface area (Å²) in [4.78, 5) is 0. The fourth-order valence-electron chi connectivity index (χ4n) is 2.05. The van der Waals surface area contributed by atoms with E-state index >= 15 is 0 Å². The van der Waals surface area contributed by atoms with Crippen LogP contribution in [0.1, 0.15) is 24.5 Å². The van der Waals surface area contributed by atoms with Crippen molar-refractivity contribution in [2.75, 3.05) is 0 Å². The third-order valence-corrected chi connectivity index (χ3v) is 3.56. The van der Waals surface area contributed by atoms with Crippen LogP contribution < -0.4 is 10.5 Å². The Bertz CT molecular complexity index is 583. The number of halogens is 1. The minimum Gasteiger partial charge on any atom is -0.456 e. The van der Waals surface area contributed by atoms with E-state index in [-0.39, 0.29) is 6.04 Å². The molecule has 106 valence electrons. The zero-order valence-electron chi connectivity index (χ0n) is 11.9. The fraction of sp³-hybridized carbons (Fsp3) is 0.294. The van der Waals surface area contributed by atoms with Crippen molar-refractivity contribution >= 4 is 11.6 Å². The van der Waals surface area contributed by atoms with Crippen LogP contribution in [0.3, 0.4) is 0 Å². The van der Waals surface area contributed by atoms with Gasteiger partial charge in [-0.05, 0) is 49.1 Å². The lowest BCUT2D eigenvalue weighted by Crippen LogP contribution is -2.21. The van der Waals surface area contributed by atoms with Gasteiger partial charge in [0.2, 0.25) is 0 Å². The van der Waals surface area contributed by atoms with E-state index in [9.17, 15) is 0 Å². The van der Waals surface area contributed by atoms with E-state index in [4.69, 9.17) is 22.1 Å². The van der Waals surface area contributed by atoms with Crippen LogP contribution in [0.15, 0.2) is 42.5 Å². The van der Waals surface area contributed by atoms with Gasteiger partial charge in [-0.15, -0.1) is 0 Å². The van der Waals surface area contributed by atoms with Gasteiger partial charge in [0.1, 0.15) is 11.5 Å². The van der Waals surface area contributed by atoms with Crippen molar-refractivity contribution in [2.24, 2.45) is 5.73 Å². The number of ether oxygens (including phenoxy) is 1. The van der Waals surface area contributed by atoms with E-state index in [0.717, 1.165) is 29.7 Å². The summed E-state index contributed by atoms with van der Waals surface area (Å²) in [6, 6.07) is 13.8. The van der Waals surface area contributed by atoms with E-state index < -0.39 is 0 Å². The van der Waals surface area contributed by atoms with Crippen molar-refractivity contribution in [3.8, 4) is 11.5 Å². The molecule has 0 heterocycles. The predicted molar refractivity (Wildman–Crippen MR) is 84.7 cm³/mol. The van der Waals surface area contributed by atoms with Crippen molar-refractivity contribution in [3.63, 3.8) is 0 Å². The molecule has 0 aliphatic heterocycles. The molecular weight excluding hydrogens is 270 g/mol. The van der Waals surface area contributed by atoms with Crippen LogP contribution in [-0.2, 0) is 6.42 Å². The standard InChI is InChI=1S/C17H20ClNO/c1-3-14(19)11-13-7-5-9-16(18)17(13)20-15-8-4-6-12(2)10-15/h4-10,14H,3,11,19H2,1-2H3. The van der Waals surface area contributed by atoms with Crippen LogP contribution >= 0.6 is 11.6 Å². The second-order valence-electron chi connectivity index (χ2n) is 5.02. The predicted octanol–water partition coefficient (Wildman–Crippen LogP) is 4.72. The Hall–Kier alpha value is -1.51. The highest BCUT2D eigenvalue weighted by Gasteiger charge is 2.12. The normalized spacial score (nSPS) is 12.2. The minimum atomic E-state index is 0.119. The highest BCUT2D eigenvalue weighted by molar-refractivity contribution is 6.32. The van der Waals surface area contributed by atoms with Crippen LogP contribution in [0.4, 0.5) is 0 Å². The molecule has 2 rings (SSSR count). The van der Waals surface area contributed by atoms with Gasteiger partial charge in [0.15, 0.2) is 0 Å². The van der Waals surface area contributed by atoms with E-state index in [1.54, 1.807) is 0 Å². The highest BCUT2D eigenvalue weighted by Crippen LogP contribution is 2.34. The molecule has 2 aromatic rings. The maximum atomic E-state index is 6.28. The lowest BCUT2D eigenvalue weighted by Gasteiger charge is -2.15. The molecule has 2 N–H and O–H groups in total. The summed E-state index contributed by atoms with van der Waals surface area (Å²) < 4.78 is 5.98. The maximum absolute atomic E-state index is 6.28. The molecule has 2 aromatic carbocycles. The summed E-state index contributed by atoms with van der Waals surface area (Å²) in [5.74, 6) is 1.51. The Balaban J connectivity index is 2.30. The smallest absolute Gasteiger partial charge is 0.149 e. The fourth-order valence-corrected chi connectivity index (χ4v) is 2.28. The van der Waals surface area contributed by atoms with Crippen LogP contribution in [0.25, 0.3) is 0 Å². The second kappa shape index (κ2) is 6.78. The van der Waals surface area contributed by atoms with Gasteiger partial charge in [-0.25, -0.2) is 0 Å². The molecule has 0 bridgehead atoms. The summed E-state index contributed by atoms with van der Waals surface area (Å²) >= 11 is 6.28. The van der Waals surface area contributed by atoms with Gasteiger partial charge in [-0.3, -0.25) is 0 Å². The van der Waals surface area contributed by atoms with E-state index in [2.05, 4.69) is 6.92 Å². The molecule has 0 spiro atoms. The van der Waals surface area contributed by atoms with E-state index in [1.807, 2.05) is 49.4 Å². The van der Waals surface area contributed by atoms with Gasteiger partial charge >= 0.3 is 0 Å². The second-order valence-corrected chi connectivity index (χ2v) is 5.43. The first-order valence-corrected chi connectivity index (χ1v) is 7.25. The number of hydrogen-bond acceptors (Lipinski definition) is 2. The van der Waals surface area contributed by atoms with Crippen LogP contribution in [-0.4, -0.2) is 6.04 Å².